The number of benzene rings is 1. The van der Waals surface area contributed by atoms with Gasteiger partial charge < -0.3 is 5.32 Å². The van der Waals surface area contributed by atoms with E-state index in [0.717, 1.165) is 30.0 Å². The van der Waals surface area contributed by atoms with Crippen LogP contribution in [0.1, 0.15) is 18.2 Å². The second-order valence-corrected chi connectivity index (χ2v) is 5.24. The maximum Gasteiger partial charge on any atom is 0.159 e. The van der Waals surface area contributed by atoms with E-state index in [1.165, 1.54) is 17.0 Å². The fraction of sp³-hybridized carbons (Fsp3) is 0.286. The number of rotatable bonds is 5. The largest absolute Gasteiger partial charge is 0.312 e. The average molecular weight is 267 g/mol. The predicted molar refractivity (Wildman–Crippen MR) is 71.7 cm³/mol. The third kappa shape index (κ3) is 3.15. The van der Waals surface area contributed by atoms with Crippen molar-refractivity contribution in [3.8, 4) is 10.4 Å². The van der Waals surface area contributed by atoms with Gasteiger partial charge in [-0.3, -0.25) is 0 Å². The maximum absolute atomic E-state index is 13.1. The molecule has 0 saturated carbocycles. The number of halogens is 2. The summed E-state index contributed by atoms with van der Waals surface area (Å²) in [5, 5.41) is 3.31. The minimum absolute atomic E-state index is 0.723. The molecule has 0 fully saturated rings. The van der Waals surface area contributed by atoms with E-state index in [0.29, 0.717) is 0 Å². The van der Waals surface area contributed by atoms with Crippen molar-refractivity contribution in [3.05, 3.63) is 46.8 Å². The van der Waals surface area contributed by atoms with Crippen LogP contribution in [0.25, 0.3) is 10.4 Å². The number of hydrogen-bond donors (Lipinski definition) is 1. The van der Waals surface area contributed by atoms with Crippen molar-refractivity contribution in [1.29, 1.82) is 0 Å². The summed E-state index contributed by atoms with van der Waals surface area (Å²) < 4.78 is 26.0. The van der Waals surface area contributed by atoms with Crippen LogP contribution in [0.2, 0.25) is 0 Å². The molecule has 2 aromatic rings. The zero-order valence-electron chi connectivity index (χ0n) is 10.2. The molecule has 0 aliphatic carbocycles. The Morgan fingerprint density at radius 2 is 1.94 bits per heavy atom. The van der Waals surface area contributed by atoms with Crippen molar-refractivity contribution in [3.63, 3.8) is 0 Å². The van der Waals surface area contributed by atoms with E-state index >= 15 is 0 Å². The van der Waals surface area contributed by atoms with Gasteiger partial charge >= 0.3 is 0 Å². The first-order chi connectivity index (χ1) is 8.70. The van der Waals surface area contributed by atoms with E-state index < -0.39 is 11.6 Å². The third-order valence-electron chi connectivity index (χ3n) is 2.59. The Balaban J connectivity index is 2.11. The molecule has 0 spiro atoms. The van der Waals surface area contributed by atoms with E-state index in [9.17, 15) is 8.78 Å². The van der Waals surface area contributed by atoms with Gasteiger partial charge in [0.1, 0.15) is 0 Å². The van der Waals surface area contributed by atoms with Gasteiger partial charge in [0, 0.05) is 16.3 Å². The minimum Gasteiger partial charge on any atom is -0.312 e. The van der Waals surface area contributed by atoms with Crippen LogP contribution in [0, 0.1) is 11.6 Å². The van der Waals surface area contributed by atoms with Gasteiger partial charge in [-0.05, 0) is 42.8 Å². The Morgan fingerprint density at radius 3 is 2.67 bits per heavy atom. The Labute approximate surface area is 109 Å². The zero-order chi connectivity index (χ0) is 13.0. The van der Waals surface area contributed by atoms with Crippen LogP contribution in [-0.2, 0) is 6.54 Å². The molecule has 0 aliphatic heterocycles. The molecular formula is C14H15F2NS. The molecule has 0 unspecified atom stereocenters. The minimum atomic E-state index is -0.805. The molecule has 0 bridgehead atoms. The lowest BCUT2D eigenvalue weighted by Gasteiger charge is -2.00. The van der Waals surface area contributed by atoms with E-state index in [1.54, 1.807) is 17.4 Å². The van der Waals surface area contributed by atoms with Crippen LogP contribution in [-0.4, -0.2) is 6.54 Å². The molecule has 0 saturated heterocycles. The van der Waals surface area contributed by atoms with Crippen molar-refractivity contribution < 1.29 is 8.78 Å². The highest BCUT2D eigenvalue weighted by Gasteiger charge is 2.06. The molecule has 0 atom stereocenters. The number of nitrogens with one attached hydrogen (secondary N) is 1. The van der Waals surface area contributed by atoms with Crippen LogP contribution in [0.3, 0.4) is 0 Å². The Bertz CT molecular complexity index is 522. The monoisotopic (exact) mass is 267 g/mol. The molecule has 96 valence electrons. The Hall–Kier alpha value is -1.26. The molecule has 4 heteroatoms. The summed E-state index contributed by atoms with van der Waals surface area (Å²) in [4.78, 5) is 2.16. The number of thiophene rings is 1. The highest BCUT2D eigenvalue weighted by atomic mass is 32.1. The fourth-order valence-corrected chi connectivity index (χ4v) is 2.64. The fourth-order valence-electron chi connectivity index (χ4n) is 1.67. The molecule has 1 aromatic heterocycles. The van der Waals surface area contributed by atoms with E-state index in [1.807, 2.05) is 12.1 Å². The van der Waals surface area contributed by atoms with Crippen molar-refractivity contribution >= 4 is 11.3 Å². The van der Waals surface area contributed by atoms with Gasteiger partial charge in [0.15, 0.2) is 11.6 Å². The molecule has 1 aromatic carbocycles. The topological polar surface area (TPSA) is 12.0 Å². The Morgan fingerprint density at radius 1 is 1.11 bits per heavy atom. The molecule has 0 radical (unpaired) electrons. The van der Waals surface area contributed by atoms with Crippen molar-refractivity contribution in [2.75, 3.05) is 6.54 Å². The predicted octanol–water partition coefficient (Wildman–Crippen LogP) is 4.19. The SMILES string of the molecule is CCCNCc1ccc(-c2ccc(F)c(F)c2)s1. The van der Waals surface area contributed by atoms with Crippen molar-refractivity contribution in [2.45, 2.75) is 19.9 Å². The lowest BCUT2D eigenvalue weighted by molar-refractivity contribution is 0.509. The van der Waals surface area contributed by atoms with E-state index in [2.05, 4.69) is 12.2 Å². The lowest BCUT2D eigenvalue weighted by atomic mass is 10.2. The van der Waals surface area contributed by atoms with Gasteiger partial charge in [-0.25, -0.2) is 8.78 Å². The standard InChI is InChI=1S/C14H15F2NS/c1-2-7-17-9-11-4-6-14(18-11)10-3-5-12(15)13(16)8-10/h3-6,8,17H,2,7,9H2,1H3. The first-order valence-electron chi connectivity index (χ1n) is 5.95. The summed E-state index contributed by atoms with van der Waals surface area (Å²) in [7, 11) is 0. The summed E-state index contributed by atoms with van der Waals surface area (Å²) in [5.74, 6) is -1.60. The molecular weight excluding hydrogens is 252 g/mol. The summed E-state index contributed by atoms with van der Waals surface area (Å²) in [5.41, 5.74) is 0.723. The summed E-state index contributed by atoms with van der Waals surface area (Å²) in [6.45, 7) is 3.93. The quantitative estimate of drug-likeness (QED) is 0.801. The first kappa shape index (κ1) is 13.2. The van der Waals surface area contributed by atoms with Gasteiger partial charge in [-0.15, -0.1) is 11.3 Å². The summed E-state index contributed by atoms with van der Waals surface area (Å²) in [6.07, 6.45) is 1.10. The summed E-state index contributed by atoms with van der Waals surface area (Å²) in [6, 6.07) is 7.97. The van der Waals surface area contributed by atoms with Crippen molar-refractivity contribution in [2.24, 2.45) is 0 Å². The van der Waals surface area contributed by atoms with E-state index in [4.69, 9.17) is 0 Å². The van der Waals surface area contributed by atoms with Crippen LogP contribution in [0.15, 0.2) is 30.3 Å². The molecule has 18 heavy (non-hydrogen) atoms. The summed E-state index contributed by atoms with van der Waals surface area (Å²) >= 11 is 1.60. The second-order valence-electron chi connectivity index (χ2n) is 4.07. The van der Waals surface area contributed by atoms with E-state index in [-0.39, 0.29) is 0 Å². The van der Waals surface area contributed by atoms with Crippen LogP contribution in [0.5, 0.6) is 0 Å². The molecule has 1 N–H and O–H groups in total. The number of hydrogen-bond acceptors (Lipinski definition) is 2. The van der Waals surface area contributed by atoms with Gasteiger partial charge in [0.25, 0.3) is 0 Å². The van der Waals surface area contributed by atoms with Crippen LogP contribution < -0.4 is 5.32 Å². The molecule has 0 amide bonds. The maximum atomic E-state index is 13.1. The third-order valence-corrected chi connectivity index (χ3v) is 3.73. The second kappa shape index (κ2) is 6.07. The molecule has 1 nitrogen and oxygen atoms in total. The Kier molecular flexibility index (Phi) is 4.44. The smallest absolute Gasteiger partial charge is 0.159 e. The molecule has 1 heterocycles. The van der Waals surface area contributed by atoms with Crippen LogP contribution >= 0.6 is 11.3 Å². The lowest BCUT2D eigenvalue weighted by Crippen LogP contribution is -2.12. The van der Waals surface area contributed by atoms with Crippen molar-refractivity contribution in [1.82, 2.24) is 5.32 Å². The van der Waals surface area contributed by atoms with Gasteiger partial charge in [0.2, 0.25) is 0 Å². The zero-order valence-corrected chi connectivity index (χ0v) is 11.0. The normalized spacial score (nSPS) is 10.8. The molecule has 2 rings (SSSR count). The first-order valence-corrected chi connectivity index (χ1v) is 6.77. The molecule has 0 aliphatic rings. The van der Waals surface area contributed by atoms with Gasteiger partial charge in [0.05, 0.1) is 0 Å². The average Bonchev–Trinajstić information content (AvgIpc) is 2.82. The highest BCUT2D eigenvalue weighted by Crippen LogP contribution is 2.29. The van der Waals surface area contributed by atoms with Gasteiger partial charge in [-0.2, -0.15) is 0 Å². The highest BCUT2D eigenvalue weighted by molar-refractivity contribution is 7.15. The van der Waals surface area contributed by atoms with Gasteiger partial charge in [-0.1, -0.05) is 13.0 Å². The van der Waals surface area contributed by atoms with Crippen LogP contribution in [0.4, 0.5) is 8.78 Å².